The van der Waals surface area contributed by atoms with Crippen molar-refractivity contribution in [2.75, 3.05) is 26.3 Å². The molecular formula is C13H27ClN2O3S. The predicted octanol–water partition coefficient (Wildman–Crippen LogP) is 1.28. The molecule has 2 saturated heterocycles. The van der Waals surface area contributed by atoms with Crippen LogP contribution in [0.15, 0.2) is 0 Å². The molecule has 120 valence electrons. The van der Waals surface area contributed by atoms with Gasteiger partial charge in [-0.05, 0) is 37.6 Å². The Kier molecular flexibility index (Phi) is 6.73. The van der Waals surface area contributed by atoms with Gasteiger partial charge in [-0.15, -0.1) is 12.4 Å². The Bertz CT molecular complexity index is 394. The third-order valence-corrected chi connectivity index (χ3v) is 6.20. The second-order valence-electron chi connectivity index (χ2n) is 6.33. The number of hydrogen-bond acceptors (Lipinski definition) is 4. The molecule has 2 aliphatic rings. The largest absolute Gasteiger partial charge is 0.380 e. The molecule has 0 bridgehead atoms. The highest BCUT2D eigenvalue weighted by Gasteiger charge is 2.34. The highest BCUT2D eigenvalue weighted by atomic mass is 35.5. The van der Waals surface area contributed by atoms with Crippen molar-refractivity contribution in [3.63, 3.8) is 0 Å². The van der Waals surface area contributed by atoms with Crippen molar-refractivity contribution >= 4 is 22.4 Å². The number of hydrogen-bond donors (Lipinski definition) is 2. The number of rotatable bonds is 4. The van der Waals surface area contributed by atoms with Crippen LogP contribution in [0.1, 0.15) is 39.5 Å². The summed E-state index contributed by atoms with van der Waals surface area (Å²) in [6.45, 7) is 6.86. The molecule has 0 aromatic rings. The van der Waals surface area contributed by atoms with Gasteiger partial charge < -0.3 is 10.1 Å². The first-order chi connectivity index (χ1) is 8.92. The molecule has 2 heterocycles. The first kappa shape index (κ1) is 18.2. The Labute approximate surface area is 128 Å². The van der Waals surface area contributed by atoms with E-state index in [9.17, 15) is 8.42 Å². The van der Waals surface area contributed by atoms with E-state index in [2.05, 4.69) is 23.9 Å². The molecule has 2 N–H and O–H groups in total. The molecule has 2 unspecified atom stereocenters. The molecule has 5 nitrogen and oxygen atoms in total. The van der Waals surface area contributed by atoms with E-state index in [1.807, 2.05) is 0 Å². The van der Waals surface area contributed by atoms with Crippen molar-refractivity contribution in [1.82, 2.24) is 10.0 Å². The minimum atomic E-state index is -3.25. The van der Waals surface area contributed by atoms with Crippen molar-refractivity contribution in [3.05, 3.63) is 0 Å². The summed E-state index contributed by atoms with van der Waals surface area (Å²) in [7, 11) is -3.25. The van der Waals surface area contributed by atoms with Gasteiger partial charge >= 0.3 is 0 Å². The quantitative estimate of drug-likeness (QED) is 0.817. The van der Waals surface area contributed by atoms with Crippen LogP contribution in [0.4, 0.5) is 0 Å². The second kappa shape index (κ2) is 7.40. The second-order valence-corrected chi connectivity index (χ2v) is 8.38. The average molecular weight is 327 g/mol. The lowest BCUT2D eigenvalue weighted by atomic mass is 9.78. The van der Waals surface area contributed by atoms with E-state index in [1.54, 1.807) is 0 Å². The van der Waals surface area contributed by atoms with Gasteiger partial charge in [0.15, 0.2) is 0 Å². The molecular weight excluding hydrogens is 300 g/mol. The van der Waals surface area contributed by atoms with E-state index >= 15 is 0 Å². The molecule has 0 spiro atoms. The Morgan fingerprint density at radius 1 is 1.35 bits per heavy atom. The Balaban J connectivity index is 0.00000200. The SMILES string of the molecule is CC1(C)CCCNC1CNS(=O)(=O)C1CCCOC1.Cl. The van der Waals surface area contributed by atoms with Crippen molar-refractivity contribution in [2.24, 2.45) is 5.41 Å². The van der Waals surface area contributed by atoms with Gasteiger partial charge in [0.05, 0.1) is 11.9 Å². The molecule has 0 aliphatic carbocycles. The van der Waals surface area contributed by atoms with E-state index in [-0.39, 0.29) is 29.1 Å². The van der Waals surface area contributed by atoms with E-state index in [4.69, 9.17) is 4.74 Å². The highest BCUT2D eigenvalue weighted by Crippen LogP contribution is 2.29. The lowest BCUT2D eigenvalue weighted by Gasteiger charge is -2.39. The topological polar surface area (TPSA) is 67.4 Å². The zero-order valence-corrected chi connectivity index (χ0v) is 14.0. The lowest BCUT2D eigenvalue weighted by Crippen LogP contribution is -2.54. The summed E-state index contributed by atoms with van der Waals surface area (Å²) in [5.74, 6) is 0. The lowest BCUT2D eigenvalue weighted by molar-refractivity contribution is 0.0986. The van der Waals surface area contributed by atoms with E-state index < -0.39 is 10.0 Å². The van der Waals surface area contributed by atoms with Crippen LogP contribution < -0.4 is 10.0 Å². The minimum Gasteiger partial charge on any atom is -0.380 e. The molecule has 0 radical (unpaired) electrons. The minimum absolute atomic E-state index is 0. The summed E-state index contributed by atoms with van der Waals surface area (Å²) in [5, 5.41) is 3.05. The van der Waals surface area contributed by atoms with Gasteiger partial charge in [0, 0.05) is 19.2 Å². The number of sulfonamides is 1. The zero-order chi connectivity index (χ0) is 13.9. The van der Waals surface area contributed by atoms with Crippen LogP contribution in [0.5, 0.6) is 0 Å². The number of ether oxygens (including phenoxy) is 1. The number of piperidine rings is 1. The molecule has 20 heavy (non-hydrogen) atoms. The molecule has 0 aromatic heterocycles. The van der Waals surface area contributed by atoms with Gasteiger partial charge in [0.1, 0.15) is 0 Å². The smallest absolute Gasteiger partial charge is 0.216 e. The van der Waals surface area contributed by atoms with Gasteiger partial charge in [-0.2, -0.15) is 0 Å². The normalized spacial score (nSPS) is 30.5. The summed E-state index contributed by atoms with van der Waals surface area (Å²) >= 11 is 0. The van der Waals surface area contributed by atoms with Gasteiger partial charge in [0.2, 0.25) is 10.0 Å². The molecule has 2 atom stereocenters. The summed E-state index contributed by atoms with van der Waals surface area (Å²) in [4.78, 5) is 0. The number of nitrogens with one attached hydrogen (secondary N) is 2. The standard InChI is InChI=1S/C13H26N2O3S.ClH/c1-13(2)6-4-7-14-12(13)9-15-19(16,17)11-5-3-8-18-10-11;/h11-12,14-15H,3-10H2,1-2H3;1H. The van der Waals surface area contributed by atoms with Crippen LogP contribution >= 0.6 is 12.4 Å². The summed E-state index contributed by atoms with van der Waals surface area (Å²) < 4.78 is 32.5. The van der Waals surface area contributed by atoms with Gasteiger partial charge in [-0.25, -0.2) is 13.1 Å². The van der Waals surface area contributed by atoms with Crippen LogP contribution in [0.3, 0.4) is 0 Å². The van der Waals surface area contributed by atoms with Gasteiger partial charge in [-0.1, -0.05) is 13.8 Å². The molecule has 0 aromatic carbocycles. The van der Waals surface area contributed by atoms with Crippen LogP contribution in [0.25, 0.3) is 0 Å². The predicted molar refractivity (Wildman–Crippen MR) is 82.8 cm³/mol. The Morgan fingerprint density at radius 2 is 2.10 bits per heavy atom. The van der Waals surface area contributed by atoms with Crippen LogP contribution in [0, 0.1) is 5.41 Å². The summed E-state index contributed by atoms with van der Waals surface area (Å²) in [6.07, 6.45) is 3.83. The third-order valence-electron chi connectivity index (χ3n) is 4.38. The fourth-order valence-electron chi connectivity index (χ4n) is 2.89. The van der Waals surface area contributed by atoms with Crippen molar-refractivity contribution in [2.45, 2.75) is 50.8 Å². The molecule has 2 fully saturated rings. The molecule has 2 rings (SSSR count). The van der Waals surface area contributed by atoms with Crippen LogP contribution in [-0.2, 0) is 14.8 Å². The highest BCUT2D eigenvalue weighted by molar-refractivity contribution is 7.90. The average Bonchev–Trinajstić information content (AvgIpc) is 2.38. The molecule has 0 saturated carbocycles. The van der Waals surface area contributed by atoms with Crippen molar-refractivity contribution < 1.29 is 13.2 Å². The van der Waals surface area contributed by atoms with E-state index in [0.717, 1.165) is 25.8 Å². The molecule has 0 amide bonds. The van der Waals surface area contributed by atoms with Crippen LogP contribution in [-0.4, -0.2) is 46.0 Å². The summed E-state index contributed by atoms with van der Waals surface area (Å²) in [6, 6.07) is 0.209. The maximum absolute atomic E-state index is 12.2. The van der Waals surface area contributed by atoms with Crippen molar-refractivity contribution in [1.29, 1.82) is 0 Å². The Hall–Kier alpha value is 0.120. The maximum atomic E-state index is 12.2. The monoisotopic (exact) mass is 326 g/mol. The van der Waals surface area contributed by atoms with Crippen molar-refractivity contribution in [3.8, 4) is 0 Å². The van der Waals surface area contributed by atoms with E-state index in [0.29, 0.717) is 26.2 Å². The third kappa shape index (κ3) is 4.56. The molecule has 7 heteroatoms. The first-order valence-corrected chi connectivity index (χ1v) is 8.76. The van der Waals surface area contributed by atoms with Crippen LogP contribution in [0.2, 0.25) is 0 Å². The van der Waals surface area contributed by atoms with Gasteiger partial charge in [0.25, 0.3) is 0 Å². The Morgan fingerprint density at radius 3 is 2.70 bits per heavy atom. The zero-order valence-electron chi connectivity index (χ0n) is 12.4. The summed E-state index contributed by atoms with van der Waals surface area (Å²) in [5.41, 5.74) is 0.143. The van der Waals surface area contributed by atoms with E-state index in [1.165, 1.54) is 0 Å². The number of halogens is 1. The maximum Gasteiger partial charge on any atom is 0.216 e. The fraction of sp³-hybridized carbons (Fsp3) is 1.00. The first-order valence-electron chi connectivity index (χ1n) is 7.21. The van der Waals surface area contributed by atoms with Gasteiger partial charge in [-0.3, -0.25) is 0 Å². The fourth-order valence-corrected chi connectivity index (χ4v) is 4.28. The molecule has 2 aliphatic heterocycles.